The first kappa shape index (κ1) is 27.5. The van der Waals surface area contributed by atoms with Crippen LogP contribution < -0.4 is 14.8 Å². The van der Waals surface area contributed by atoms with Gasteiger partial charge in [-0.1, -0.05) is 25.5 Å². The first-order valence-electron chi connectivity index (χ1n) is 12.7. The van der Waals surface area contributed by atoms with Crippen LogP contribution >= 0.6 is 15.9 Å². The van der Waals surface area contributed by atoms with Crippen molar-refractivity contribution in [2.24, 2.45) is 5.92 Å². The van der Waals surface area contributed by atoms with E-state index in [9.17, 15) is 14.9 Å². The van der Waals surface area contributed by atoms with Gasteiger partial charge in [0, 0.05) is 23.4 Å². The van der Waals surface area contributed by atoms with Crippen LogP contribution in [0.4, 0.5) is 0 Å². The standard InChI is InChI=1S/C30H31BrN2O5/c1-5-18-11-24-28(25(34)12-18)27(22(15-32)17(3)33-24)21-13-23(31)29(26(14-21)37-6-2)38-16-19-8-7-9-20(10-19)30(35)36-4/h7-10,13-14,18,27,33H,5-6,11-12,16H2,1-4H3. The normalized spacial score (nSPS) is 18.9. The van der Waals surface area contributed by atoms with Gasteiger partial charge >= 0.3 is 5.97 Å². The van der Waals surface area contributed by atoms with E-state index in [0.29, 0.717) is 51.6 Å². The molecule has 0 fully saturated rings. The molecule has 1 aliphatic carbocycles. The number of ketones is 1. The molecule has 0 amide bonds. The van der Waals surface area contributed by atoms with Crippen molar-refractivity contribution in [1.82, 2.24) is 5.32 Å². The molecule has 1 N–H and O–H groups in total. The van der Waals surface area contributed by atoms with Gasteiger partial charge in [0.05, 0.1) is 41.3 Å². The second-order valence-electron chi connectivity index (χ2n) is 9.45. The monoisotopic (exact) mass is 578 g/mol. The van der Waals surface area contributed by atoms with Crippen molar-refractivity contribution >= 4 is 27.7 Å². The summed E-state index contributed by atoms with van der Waals surface area (Å²) in [6.45, 7) is 6.47. The number of carbonyl (C=O) groups excluding carboxylic acids is 2. The van der Waals surface area contributed by atoms with E-state index in [2.05, 4.69) is 34.2 Å². The number of hydrogen-bond donors (Lipinski definition) is 1. The summed E-state index contributed by atoms with van der Waals surface area (Å²) < 4.78 is 17.6. The van der Waals surface area contributed by atoms with Crippen molar-refractivity contribution in [1.29, 1.82) is 5.26 Å². The van der Waals surface area contributed by atoms with Crippen LogP contribution in [0.15, 0.2) is 63.4 Å². The summed E-state index contributed by atoms with van der Waals surface area (Å²) in [4.78, 5) is 25.2. The molecule has 0 aromatic heterocycles. The Morgan fingerprint density at radius 3 is 2.66 bits per heavy atom. The molecule has 0 bridgehead atoms. The van der Waals surface area contributed by atoms with E-state index >= 15 is 0 Å². The number of ether oxygens (including phenoxy) is 3. The third-order valence-electron chi connectivity index (χ3n) is 7.01. The average molecular weight is 579 g/mol. The molecule has 1 heterocycles. The second-order valence-corrected chi connectivity index (χ2v) is 10.3. The van der Waals surface area contributed by atoms with Crippen molar-refractivity contribution in [2.75, 3.05) is 13.7 Å². The van der Waals surface area contributed by atoms with Gasteiger partial charge in [-0.15, -0.1) is 0 Å². The molecule has 0 saturated carbocycles. The minimum Gasteiger partial charge on any atom is -0.490 e. The summed E-state index contributed by atoms with van der Waals surface area (Å²) >= 11 is 3.64. The first-order chi connectivity index (χ1) is 18.3. The number of hydrogen-bond acceptors (Lipinski definition) is 7. The van der Waals surface area contributed by atoms with Crippen LogP contribution in [0, 0.1) is 17.2 Å². The van der Waals surface area contributed by atoms with Gasteiger partial charge in [0.15, 0.2) is 17.3 Å². The van der Waals surface area contributed by atoms with Crippen LogP contribution in [0.1, 0.15) is 67.4 Å². The number of methoxy groups -OCH3 is 1. The van der Waals surface area contributed by atoms with Gasteiger partial charge in [0.25, 0.3) is 0 Å². The van der Waals surface area contributed by atoms with Crippen LogP contribution in [-0.2, 0) is 16.1 Å². The highest BCUT2D eigenvalue weighted by Crippen LogP contribution is 2.47. The van der Waals surface area contributed by atoms with Crippen molar-refractivity contribution in [3.05, 3.63) is 80.1 Å². The quantitative estimate of drug-likeness (QED) is 0.365. The Hall–Kier alpha value is -3.57. The highest BCUT2D eigenvalue weighted by Gasteiger charge is 2.38. The number of Topliss-reactive ketones (excluding diaryl/α,β-unsaturated/α-hetero) is 1. The summed E-state index contributed by atoms with van der Waals surface area (Å²) in [5, 5.41) is 13.4. The Labute approximate surface area is 231 Å². The molecule has 0 saturated heterocycles. The zero-order valence-electron chi connectivity index (χ0n) is 22.0. The van der Waals surface area contributed by atoms with Crippen molar-refractivity contribution in [2.45, 2.75) is 52.6 Å². The Kier molecular flexibility index (Phi) is 8.58. The van der Waals surface area contributed by atoms with Crippen LogP contribution in [0.2, 0.25) is 0 Å². The van der Waals surface area contributed by atoms with E-state index in [1.54, 1.807) is 18.2 Å². The Morgan fingerprint density at radius 2 is 1.97 bits per heavy atom. The average Bonchev–Trinajstić information content (AvgIpc) is 2.91. The summed E-state index contributed by atoms with van der Waals surface area (Å²) in [6.07, 6.45) is 2.20. The second kappa shape index (κ2) is 11.9. The van der Waals surface area contributed by atoms with E-state index in [4.69, 9.17) is 14.2 Å². The minimum atomic E-state index is -0.483. The molecule has 2 atom stereocenters. The van der Waals surface area contributed by atoms with Gasteiger partial charge in [-0.25, -0.2) is 4.79 Å². The third kappa shape index (κ3) is 5.48. The molecule has 2 aromatic rings. The van der Waals surface area contributed by atoms with E-state index < -0.39 is 11.9 Å². The summed E-state index contributed by atoms with van der Waals surface area (Å²) in [5.41, 5.74) is 4.89. The van der Waals surface area contributed by atoms with Gasteiger partial charge in [-0.2, -0.15) is 5.26 Å². The van der Waals surface area contributed by atoms with Crippen LogP contribution in [0.25, 0.3) is 0 Å². The molecule has 4 rings (SSSR count). The van der Waals surface area contributed by atoms with E-state index in [1.807, 2.05) is 32.0 Å². The fourth-order valence-electron chi connectivity index (χ4n) is 5.11. The SMILES string of the molecule is CCOc1cc(C2C(C#N)=C(C)NC3=C2C(=O)CC(CC)C3)cc(Br)c1OCc1cccc(C(=O)OC)c1. The smallest absolute Gasteiger partial charge is 0.337 e. The molecular weight excluding hydrogens is 548 g/mol. The summed E-state index contributed by atoms with van der Waals surface area (Å²) in [5.74, 6) is 0.486. The molecule has 2 aromatic carbocycles. The molecule has 0 radical (unpaired) electrons. The maximum atomic E-state index is 13.3. The van der Waals surface area contributed by atoms with Crippen LogP contribution in [0.3, 0.4) is 0 Å². The van der Waals surface area contributed by atoms with Crippen molar-refractivity contribution < 1.29 is 23.8 Å². The Morgan fingerprint density at radius 1 is 1.18 bits per heavy atom. The molecule has 2 unspecified atom stereocenters. The number of allylic oxidation sites excluding steroid dienone is 4. The molecule has 1 aliphatic heterocycles. The topological polar surface area (TPSA) is 97.6 Å². The zero-order chi connectivity index (χ0) is 27.4. The van der Waals surface area contributed by atoms with Gasteiger partial charge in [0.1, 0.15) is 6.61 Å². The molecule has 38 heavy (non-hydrogen) atoms. The molecule has 8 heteroatoms. The summed E-state index contributed by atoms with van der Waals surface area (Å²) in [7, 11) is 1.34. The predicted octanol–water partition coefficient (Wildman–Crippen LogP) is 6.34. The summed E-state index contributed by atoms with van der Waals surface area (Å²) in [6, 6.07) is 13.1. The third-order valence-corrected chi connectivity index (χ3v) is 7.60. The number of esters is 1. The van der Waals surface area contributed by atoms with E-state index in [1.165, 1.54) is 7.11 Å². The number of benzene rings is 2. The zero-order valence-corrected chi connectivity index (χ0v) is 23.6. The minimum absolute atomic E-state index is 0.0794. The lowest BCUT2D eigenvalue weighted by molar-refractivity contribution is -0.117. The van der Waals surface area contributed by atoms with Crippen LogP contribution in [-0.4, -0.2) is 25.5 Å². The fraction of sp³-hybridized carbons (Fsp3) is 0.367. The number of halogens is 1. The maximum absolute atomic E-state index is 13.3. The number of nitrogens with zero attached hydrogens (tertiary/aromatic N) is 1. The highest BCUT2D eigenvalue weighted by atomic mass is 79.9. The van der Waals surface area contributed by atoms with Gasteiger partial charge in [0.2, 0.25) is 0 Å². The molecule has 198 valence electrons. The molecule has 7 nitrogen and oxygen atoms in total. The van der Waals surface area contributed by atoms with Gasteiger partial charge < -0.3 is 19.5 Å². The molecular formula is C30H31BrN2O5. The molecule has 0 spiro atoms. The number of nitrogens with one attached hydrogen (secondary N) is 1. The van der Waals surface area contributed by atoms with Crippen LogP contribution in [0.5, 0.6) is 11.5 Å². The van der Waals surface area contributed by atoms with E-state index in [-0.39, 0.29) is 12.4 Å². The lowest BCUT2D eigenvalue weighted by Crippen LogP contribution is -2.34. The number of dihydropyridines is 1. The Balaban J connectivity index is 1.72. The lowest BCUT2D eigenvalue weighted by Gasteiger charge is -2.35. The largest absolute Gasteiger partial charge is 0.490 e. The Bertz CT molecular complexity index is 1370. The number of nitriles is 1. The van der Waals surface area contributed by atoms with Crippen molar-refractivity contribution in [3.63, 3.8) is 0 Å². The lowest BCUT2D eigenvalue weighted by atomic mass is 9.73. The predicted molar refractivity (Wildman–Crippen MR) is 147 cm³/mol. The fourth-order valence-corrected chi connectivity index (χ4v) is 5.68. The number of carbonyl (C=O) groups is 2. The number of rotatable bonds is 8. The van der Waals surface area contributed by atoms with E-state index in [0.717, 1.165) is 35.4 Å². The first-order valence-corrected chi connectivity index (χ1v) is 13.5. The van der Waals surface area contributed by atoms with Crippen molar-refractivity contribution in [3.8, 4) is 17.6 Å². The van der Waals surface area contributed by atoms with Gasteiger partial charge in [-0.05, 0) is 77.5 Å². The van der Waals surface area contributed by atoms with Gasteiger partial charge in [-0.3, -0.25) is 4.79 Å². The maximum Gasteiger partial charge on any atom is 0.337 e. The highest BCUT2D eigenvalue weighted by molar-refractivity contribution is 9.10. The molecule has 2 aliphatic rings.